The van der Waals surface area contributed by atoms with Crippen LogP contribution < -0.4 is 5.32 Å². The highest BCUT2D eigenvalue weighted by Crippen LogP contribution is 2.18. The van der Waals surface area contributed by atoms with E-state index in [0.29, 0.717) is 12.1 Å². The van der Waals surface area contributed by atoms with Gasteiger partial charge in [-0.25, -0.2) is 0 Å². The van der Waals surface area contributed by atoms with Crippen LogP contribution in [0.25, 0.3) is 0 Å². The smallest absolute Gasteiger partial charge is 0.325 e. The molecule has 3 unspecified atom stereocenters. The third-order valence-electron chi connectivity index (χ3n) is 4.10. The standard InChI is InChI=1S/C16H32N2O3/c1-12(2)17-16(5,15(19)20-6)8-7-9-18-10-14(4)21-11-13(18)3/h12-14,17H,7-11H2,1-6H3. The van der Waals surface area contributed by atoms with E-state index in [1.807, 2.05) is 20.8 Å². The van der Waals surface area contributed by atoms with Gasteiger partial charge in [-0.3, -0.25) is 15.0 Å². The minimum atomic E-state index is -0.607. The summed E-state index contributed by atoms with van der Waals surface area (Å²) >= 11 is 0. The summed E-state index contributed by atoms with van der Waals surface area (Å²) in [7, 11) is 1.45. The summed E-state index contributed by atoms with van der Waals surface area (Å²) in [5, 5.41) is 3.35. The molecule has 0 radical (unpaired) electrons. The van der Waals surface area contributed by atoms with Crippen molar-refractivity contribution in [2.45, 2.75) is 71.2 Å². The van der Waals surface area contributed by atoms with Crippen molar-refractivity contribution >= 4 is 5.97 Å². The van der Waals surface area contributed by atoms with Crippen LogP contribution in [0.1, 0.15) is 47.5 Å². The third-order valence-corrected chi connectivity index (χ3v) is 4.10. The molecule has 1 rings (SSSR count). The van der Waals surface area contributed by atoms with Crippen molar-refractivity contribution in [1.82, 2.24) is 10.2 Å². The fourth-order valence-corrected chi connectivity index (χ4v) is 3.01. The van der Waals surface area contributed by atoms with Crippen molar-refractivity contribution in [3.8, 4) is 0 Å². The molecule has 1 aliphatic heterocycles. The first kappa shape index (κ1) is 18.4. The number of carbonyl (C=O) groups is 1. The predicted octanol–water partition coefficient (Wildman–Crippen LogP) is 1.81. The van der Waals surface area contributed by atoms with Crippen LogP contribution in [0.3, 0.4) is 0 Å². The minimum Gasteiger partial charge on any atom is -0.468 e. The SMILES string of the molecule is COC(=O)C(C)(CCCN1CC(C)OCC1C)NC(C)C. The van der Waals surface area contributed by atoms with E-state index in [1.54, 1.807) is 0 Å². The van der Waals surface area contributed by atoms with Gasteiger partial charge in [0.05, 0.1) is 19.8 Å². The van der Waals surface area contributed by atoms with Gasteiger partial charge in [-0.1, -0.05) is 0 Å². The monoisotopic (exact) mass is 300 g/mol. The topological polar surface area (TPSA) is 50.8 Å². The lowest BCUT2D eigenvalue weighted by atomic mass is 9.94. The molecule has 0 aromatic heterocycles. The second-order valence-electron chi connectivity index (χ2n) is 6.71. The molecule has 3 atom stereocenters. The number of methoxy groups -OCH3 is 1. The van der Waals surface area contributed by atoms with Gasteiger partial charge in [0.15, 0.2) is 0 Å². The normalized spacial score (nSPS) is 26.6. The molecule has 21 heavy (non-hydrogen) atoms. The Kier molecular flexibility index (Phi) is 7.10. The highest BCUT2D eigenvalue weighted by Gasteiger charge is 2.34. The summed E-state index contributed by atoms with van der Waals surface area (Å²) in [4.78, 5) is 14.5. The molecular weight excluding hydrogens is 268 g/mol. The molecule has 5 heteroatoms. The number of carbonyl (C=O) groups excluding carboxylic acids is 1. The lowest BCUT2D eigenvalue weighted by Crippen LogP contribution is -2.53. The highest BCUT2D eigenvalue weighted by atomic mass is 16.5. The van der Waals surface area contributed by atoms with Gasteiger partial charge in [0.1, 0.15) is 5.54 Å². The summed E-state index contributed by atoms with van der Waals surface area (Å²) in [5.41, 5.74) is -0.607. The molecular formula is C16H32N2O3. The molecule has 1 fully saturated rings. The van der Waals surface area contributed by atoms with E-state index in [-0.39, 0.29) is 12.0 Å². The summed E-state index contributed by atoms with van der Waals surface area (Å²) in [6, 6.07) is 0.695. The molecule has 0 aromatic rings. The van der Waals surface area contributed by atoms with Gasteiger partial charge in [0, 0.05) is 18.6 Å². The molecule has 5 nitrogen and oxygen atoms in total. The number of hydrogen-bond donors (Lipinski definition) is 1. The maximum Gasteiger partial charge on any atom is 0.325 e. The number of nitrogens with zero attached hydrogens (tertiary/aromatic N) is 1. The number of esters is 1. The zero-order chi connectivity index (χ0) is 16.0. The van der Waals surface area contributed by atoms with Crippen molar-refractivity contribution in [2.75, 3.05) is 26.8 Å². The van der Waals surface area contributed by atoms with Crippen LogP contribution in [0.15, 0.2) is 0 Å². The molecule has 1 heterocycles. The first-order valence-electron chi connectivity index (χ1n) is 8.00. The fraction of sp³-hybridized carbons (Fsp3) is 0.938. The molecule has 1 aliphatic rings. The average Bonchev–Trinajstić information content (AvgIpc) is 2.40. The lowest BCUT2D eigenvalue weighted by molar-refractivity contribution is -0.148. The molecule has 124 valence electrons. The van der Waals surface area contributed by atoms with Crippen LogP contribution >= 0.6 is 0 Å². The Bertz CT molecular complexity index is 335. The fourth-order valence-electron chi connectivity index (χ4n) is 3.01. The Morgan fingerprint density at radius 3 is 2.71 bits per heavy atom. The molecule has 0 aliphatic carbocycles. The Hall–Kier alpha value is -0.650. The molecule has 1 saturated heterocycles. The molecule has 1 N–H and O–H groups in total. The maximum absolute atomic E-state index is 12.0. The predicted molar refractivity (Wildman–Crippen MR) is 84.4 cm³/mol. The Labute approximate surface area is 129 Å². The first-order valence-corrected chi connectivity index (χ1v) is 8.00. The van der Waals surface area contributed by atoms with Gasteiger partial charge in [-0.05, 0) is 54.0 Å². The average molecular weight is 300 g/mol. The zero-order valence-electron chi connectivity index (χ0n) is 14.4. The summed E-state index contributed by atoms with van der Waals surface area (Å²) in [6.45, 7) is 13.1. The van der Waals surface area contributed by atoms with E-state index in [0.717, 1.165) is 32.5 Å². The molecule has 0 spiro atoms. The van der Waals surface area contributed by atoms with Gasteiger partial charge in [-0.2, -0.15) is 0 Å². The van der Waals surface area contributed by atoms with Crippen molar-refractivity contribution in [1.29, 1.82) is 0 Å². The van der Waals surface area contributed by atoms with Crippen molar-refractivity contribution in [3.05, 3.63) is 0 Å². The minimum absolute atomic E-state index is 0.181. The summed E-state index contributed by atoms with van der Waals surface area (Å²) < 4.78 is 10.6. The Balaban J connectivity index is 2.51. The number of morpholine rings is 1. The van der Waals surface area contributed by atoms with Gasteiger partial charge in [-0.15, -0.1) is 0 Å². The van der Waals surface area contributed by atoms with Crippen LogP contribution in [-0.4, -0.2) is 61.4 Å². The van der Waals surface area contributed by atoms with Gasteiger partial charge < -0.3 is 9.47 Å². The van der Waals surface area contributed by atoms with E-state index < -0.39 is 5.54 Å². The van der Waals surface area contributed by atoms with E-state index in [1.165, 1.54) is 7.11 Å². The number of hydrogen-bond acceptors (Lipinski definition) is 5. The van der Waals surface area contributed by atoms with Crippen molar-refractivity contribution < 1.29 is 14.3 Å². The zero-order valence-corrected chi connectivity index (χ0v) is 14.4. The molecule has 0 saturated carbocycles. The van der Waals surface area contributed by atoms with Crippen LogP contribution in [0, 0.1) is 0 Å². The third kappa shape index (κ3) is 5.57. The van der Waals surface area contributed by atoms with E-state index in [4.69, 9.17) is 9.47 Å². The maximum atomic E-state index is 12.0. The van der Waals surface area contributed by atoms with Crippen LogP contribution in [0.4, 0.5) is 0 Å². The van der Waals surface area contributed by atoms with Crippen LogP contribution in [0.5, 0.6) is 0 Å². The quantitative estimate of drug-likeness (QED) is 0.727. The van der Waals surface area contributed by atoms with Gasteiger partial charge in [0.2, 0.25) is 0 Å². The Morgan fingerprint density at radius 1 is 1.48 bits per heavy atom. The van der Waals surface area contributed by atoms with Gasteiger partial charge >= 0.3 is 5.97 Å². The van der Waals surface area contributed by atoms with Crippen molar-refractivity contribution in [2.24, 2.45) is 0 Å². The Morgan fingerprint density at radius 2 is 2.14 bits per heavy atom. The summed E-state index contributed by atoms with van der Waals surface area (Å²) in [5.74, 6) is -0.181. The molecule has 0 bridgehead atoms. The lowest BCUT2D eigenvalue weighted by Gasteiger charge is -2.37. The number of ether oxygens (including phenoxy) is 2. The highest BCUT2D eigenvalue weighted by molar-refractivity contribution is 5.80. The second-order valence-corrected chi connectivity index (χ2v) is 6.71. The molecule has 0 amide bonds. The van der Waals surface area contributed by atoms with E-state index in [9.17, 15) is 4.79 Å². The van der Waals surface area contributed by atoms with Gasteiger partial charge in [0.25, 0.3) is 0 Å². The number of rotatable bonds is 7. The largest absolute Gasteiger partial charge is 0.468 e. The van der Waals surface area contributed by atoms with Crippen LogP contribution in [0.2, 0.25) is 0 Å². The van der Waals surface area contributed by atoms with E-state index in [2.05, 4.69) is 24.1 Å². The van der Waals surface area contributed by atoms with E-state index >= 15 is 0 Å². The first-order chi connectivity index (χ1) is 9.78. The van der Waals surface area contributed by atoms with Crippen LogP contribution in [-0.2, 0) is 14.3 Å². The number of nitrogens with one attached hydrogen (secondary N) is 1. The summed E-state index contributed by atoms with van der Waals surface area (Å²) in [6.07, 6.45) is 2.03. The second kappa shape index (κ2) is 8.11. The van der Waals surface area contributed by atoms with Crippen molar-refractivity contribution in [3.63, 3.8) is 0 Å². The molecule has 0 aromatic carbocycles.